The van der Waals surface area contributed by atoms with E-state index in [0.29, 0.717) is 11.4 Å². The van der Waals surface area contributed by atoms with Crippen LogP contribution < -0.4 is 5.73 Å². The summed E-state index contributed by atoms with van der Waals surface area (Å²) >= 11 is 1.75. The number of thioether (sulfide) groups is 1. The van der Waals surface area contributed by atoms with Crippen LogP contribution in [0.4, 0.5) is 5.82 Å². The Kier molecular flexibility index (Phi) is 3.49. The number of anilines is 1. The monoisotopic (exact) mass is 236 g/mol. The molecule has 0 aromatic carbocycles. The number of nitrogen functional groups attached to an aromatic ring is 1. The van der Waals surface area contributed by atoms with Crippen LogP contribution in [-0.4, -0.2) is 21.8 Å². The van der Waals surface area contributed by atoms with E-state index in [2.05, 4.69) is 4.98 Å². The Hall–Kier alpha value is -1.03. The summed E-state index contributed by atoms with van der Waals surface area (Å²) in [6.45, 7) is 1.93. The molecule has 1 unspecified atom stereocenters. The van der Waals surface area contributed by atoms with E-state index in [9.17, 15) is 4.79 Å². The van der Waals surface area contributed by atoms with Crippen LogP contribution in [0.2, 0.25) is 0 Å². The van der Waals surface area contributed by atoms with Crippen molar-refractivity contribution in [1.82, 2.24) is 4.98 Å². The second-order valence-electron chi connectivity index (χ2n) is 4.16. The largest absolute Gasteiger partial charge is 0.383 e. The van der Waals surface area contributed by atoms with Gasteiger partial charge in [0.25, 0.3) is 0 Å². The van der Waals surface area contributed by atoms with E-state index in [4.69, 9.17) is 5.73 Å². The van der Waals surface area contributed by atoms with Gasteiger partial charge in [0.2, 0.25) is 0 Å². The summed E-state index contributed by atoms with van der Waals surface area (Å²) in [5.74, 6) is 1.59. The molecule has 0 amide bonds. The number of hydrogen-bond acceptors (Lipinski definition) is 4. The van der Waals surface area contributed by atoms with E-state index in [0.717, 1.165) is 24.2 Å². The zero-order valence-electron chi connectivity index (χ0n) is 9.40. The highest BCUT2D eigenvalue weighted by molar-refractivity contribution is 8.00. The Bertz CT molecular complexity index is 400. The van der Waals surface area contributed by atoms with Crippen LogP contribution in [0.3, 0.4) is 0 Å². The van der Waals surface area contributed by atoms with E-state index in [-0.39, 0.29) is 11.0 Å². The van der Waals surface area contributed by atoms with Gasteiger partial charge in [-0.05, 0) is 37.1 Å². The number of aromatic nitrogens is 1. The number of carbonyl (C=O) groups is 1. The first-order valence-corrected chi connectivity index (χ1v) is 6.61. The van der Waals surface area contributed by atoms with Gasteiger partial charge in [0.05, 0.1) is 10.8 Å². The molecule has 86 valence electrons. The van der Waals surface area contributed by atoms with Gasteiger partial charge in [-0.3, -0.25) is 4.79 Å². The lowest BCUT2D eigenvalue weighted by Crippen LogP contribution is -2.22. The van der Waals surface area contributed by atoms with Crippen molar-refractivity contribution in [2.75, 3.05) is 11.5 Å². The van der Waals surface area contributed by atoms with Gasteiger partial charge in [0.15, 0.2) is 5.78 Å². The molecule has 1 aromatic heterocycles. The minimum atomic E-state index is 0.0830. The Morgan fingerprint density at radius 3 is 3.06 bits per heavy atom. The number of ketones is 1. The molecule has 1 aliphatic heterocycles. The number of Topliss-reactive ketones (excluding diaryl/α,β-unsaturated/α-hetero) is 1. The molecule has 1 aliphatic rings. The Labute approximate surface area is 99.8 Å². The summed E-state index contributed by atoms with van der Waals surface area (Å²) in [7, 11) is 0. The topological polar surface area (TPSA) is 56.0 Å². The number of aryl methyl sites for hydroxylation is 1. The quantitative estimate of drug-likeness (QED) is 0.801. The summed E-state index contributed by atoms with van der Waals surface area (Å²) in [6.07, 6.45) is 5.02. The highest BCUT2D eigenvalue weighted by atomic mass is 32.2. The first-order valence-electron chi connectivity index (χ1n) is 5.56. The number of hydrogen-bond donors (Lipinski definition) is 1. The summed E-state index contributed by atoms with van der Waals surface area (Å²) in [6, 6.07) is 1.85. The maximum Gasteiger partial charge on any atom is 0.179 e. The number of carbonyl (C=O) groups excluding carboxylic acids is 1. The van der Waals surface area contributed by atoms with Crippen LogP contribution in [0, 0.1) is 6.92 Å². The van der Waals surface area contributed by atoms with Crippen LogP contribution in [0.5, 0.6) is 0 Å². The van der Waals surface area contributed by atoms with Crippen molar-refractivity contribution in [2.45, 2.75) is 31.4 Å². The fourth-order valence-electron chi connectivity index (χ4n) is 1.90. The molecule has 2 heterocycles. The van der Waals surface area contributed by atoms with Gasteiger partial charge < -0.3 is 5.73 Å². The molecule has 0 radical (unpaired) electrons. The van der Waals surface area contributed by atoms with Gasteiger partial charge in [-0.1, -0.05) is 6.42 Å². The second-order valence-corrected chi connectivity index (χ2v) is 5.48. The Balaban J connectivity index is 2.22. The van der Waals surface area contributed by atoms with Crippen molar-refractivity contribution in [3.05, 3.63) is 23.4 Å². The van der Waals surface area contributed by atoms with Crippen LogP contribution >= 0.6 is 11.8 Å². The van der Waals surface area contributed by atoms with Crippen LogP contribution in [0.15, 0.2) is 12.3 Å². The number of nitrogens with two attached hydrogens (primary N) is 1. The number of nitrogens with zero attached hydrogens (tertiary/aromatic N) is 1. The normalized spacial score (nSPS) is 20.7. The molecule has 4 heteroatoms. The lowest BCUT2D eigenvalue weighted by Gasteiger charge is -2.20. The predicted octanol–water partition coefficient (Wildman–Crippen LogP) is 2.44. The van der Waals surface area contributed by atoms with Crippen molar-refractivity contribution in [2.24, 2.45) is 0 Å². The molecule has 3 nitrogen and oxygen atoms in total. The van der Waals surface area contributed by atoms with Gasteiger partial charge in [0.1, 0.15) is 5.82 Å². The van der Waals surface area contributed by atoms with E-state index in [1.165, 1.54) is 6.42 Å². The Morgan fingerprint density at radius 1 is 1.56 bits per heavy atom. The average molecular weight is 236 g/mol. The third kappa shape index (κ3) is 2.38. The van der Waals surface area contributed by atoms with Gasteiger partial charge in [0, 0.05) is 6.20 Å². The molecular formula is C12H16N2OS. The standard InChI is InChI=1S/C12H16N2OS/c1-8-6-9(12(13)14-7-8)11(15)10-4-2-3-5-16-10/h6-7,10H,2-5H2,1H3,(H2,13,14). The first-order chi connectivity index (χ1) is 7.68. The highest BCUT2D eigenvalue weighted by Gasteiger charge is 2.24. The lowest BCUT2D eigenvalue weighted by molar-refractivity contribution is 0.0985. The molecule has 1 fully saturated rings. The minimum absolute atomic E-state index is 0.0830. The fraction of sp³-hybridized carbons (Fsp3) is 0.500. The summed E-state index contributed by atoms with van der Waals surface area (Å²) in [5, 5.41) is 0.0830. The number of pyridine rings is 1. The molecule has 2 N–H and O–H groups in total. The SMILES string of the molecule is Cc1cnc(N)c(C(=O)C2CCCCS2)c1. The van der Waals surface area contributed by atoms with Gasteiger partial charge in [-0.2, -0.15) is 11.8 Å². The lowest BCUT2D eigenvalue weighted by atomic mass is 10.0. The maximum absolute atomic E-state index is 12.2. The van der Waals surface area contributed by atoms with Crippen LogP contribution in [-0.2, 0) is 0 Å². The van der Waals surface area contributed by atoms with Gasteiger partial charge in [-0.25, -0.2) is 4.98 Å². The summed E-state index contributed by atoms with van der Waals surface area (Å²) < 4.78 is 0. The molecular weight excluding hydrogens is 220 g/mol. The number of rotatable bonds is 2. The van der Waals surface area contributed by atoms with Crippen molar-refractivity contribution < 1.29 is 4.79 Å². The second kappa shape index (κ2) is 4.87. The van der Waals surface area contributed by atoms with Crippen molar-refractivity contribution in [3.8, 4) is 0 Å². The highest BCUT2D eigenvalue weighted by Crippen LogP contribution is 2.29. The van der Waals surface area contributed by atoms with Crippen LogP contribution in [0.1, 0.15) is 35.2 Å². The molecule has 2 rings (SSSR count). The van der Waals surface area contributed by atoms with Crippen molar-refractivity contribution in [1.29, 1.82) is 0 Å². The molecule has 16 heavy (non-hydrogen) atoms. The minimum Gasteiger partial charge on any atom is -0.383 e. The van der Waals surface area contributed by atoms with Gasteiger partial charge >= 0.3 is 0 Å². The summed E-state index contributed by atoms with van der Waals surface area (Å²) in [5.41, 5.74) is 7.34. The fourth-order valence-corrected chi connectivity index (χ4v) is 3.17. The van der Waals surface area contributed by atoms with Crippen LogP contribution in [0.25, 0.3) is 0 Å². The van der Waals surface area contributed by atoms with E-state index in [1.54, 1.807) is 18.0 Å². The zero-order chi connectivity index (χ0) is 11.5. The van der Waals surface area contributed by atoms with Crippen molar-refractivity contribution >= 4 is 23.4 Å². The molecule has 0 bridgehead atoms. The maximum atomic E-state index is 12.2. The van der Waals surface area contributed by atoms with Crippen molar-refractivity contribution in [3.63, 3.8) is 0 Å². The van der Waals surface area contributed by atoms with E-state index >= 15 is 0 Å². The molecule has 0 aliphatic carbocycles. The molecule has 0 saturated carbocycles. The van der Waals surface area contributed by atoms with Gasteiger partial charge in [-0.15, -0.1) is 0 Å². The molecule has 1 aromatic rings. The third-order valence-electron chi connectivity index (χ3n) is 2.79. The molecule has 1 saturated heterocycles. The molecule has 0 spiro atoms. The average Bonchev–Trinajstić information content (AvgIpc) is 2.32. The smallest absolute Gasteiger partial charge is 0.179 e. The Morgan fingerprint density at radius 2 is 2.38 bits per heavy atom. The molecule has 1 atom stereocenters. The summed E-state index contributed by atoms with van der Waals surface area (Å²) in [4.78, 5) is 16.3. The first kappa shape index (κ1) is 11.5. The predicted molar refractivity (Wildman–Crippen MR) is 67.8 cm³/mol. The van der Waals surface area contributed by atoms with E-state index < -0.39 is 0 Å². The van der Waals surface area contributed by atoms with E-state index in [1.807, 2.05) is 13.0 Å². The third-order valence-corrected chi connectivity index (χ3v) is 4.17. The zero-order valence-corrected chi connectivity index (χ0v) is 10.2.